The summed E-state index contributed by atoms with van der Waals surface area (Å²) in [7, 11) is -1.37. The minimum atomic E-state index is -1.37. The quantitative estimate of drug-likeness (QED) is 0.191. The summed E-state index contributed by atoms with van der Waals surface area (Å²) in [5.74, 6) is 0. The first-order valence-electron chi connectivity index (χ1n) is 11.4. The van der Waals surface area contributed by atoms with Gasteiger partial charge in [-0.25, -0.2) is 4.68 Å². The minimum absolute atomic E-state index is 0.161. The number of para-hydroxylation sites is 1. The number of hydrogen-bond donors (Lipinski definition) is 0. The van der Waals surface area contributed by atoms with Crippen LogP contribution in [-0.4, -0.2) is 30.4 Å². The summed E-state index contributed by atoms with van der Waals surface area (Å²) in [6.45, 7) is 0. The van der Waals surface area contributed by atoms with Gasteiger partial charge in [0.1, 0.15) is 10.7 Å². The number of benzene rings is 3. The molecule has 0 bridgehead atoms. The van der Waals surface area contributed by atoms with E-state index in [0.29, 0.717) is 37.0 Å². The van der Waals surface area contributed by atoms with Crippen molar-refractivity contribution in [3.05, 3.63) is 97.9 Å². The monoisotopic (exact) mass is 628 g/mol. The van der Waals surface area contributed by atoms with Crippen LogP contribution in [0.4, 0.5) is 0 Å². The van der Waals surface area contributed by atoms with Crippen molar-refractivity contribution in [1.82, 2.24) is 20.0 Å². The molecule has 37 heavy (non-hydrogen) atoms. The maximum atomic E-state index is 13.3. The van der Waals surface area contributed by atoms with Crippen LogP contribution in [0.25, 0.3) is 27.6 Å². The van der Waals surface area contributed by atoms with Gasteiger partial charge in [-0.3, -0.25) is 4.21 Å². The van der Waals surface area contributed by atoms with E-state index in [1.165, 1.54) is 16.9 Å². The highest BCUT2D eigenvalue weighted by Crippen LogP contribution is 2.55. The molecule has 0 saturated heterocycles. The summed E-state index contributed by atoms with van der Waals surface area (Å²) < 4.78 is 16.0. The summed E-state index contributed by atoms with van der Waals surface area (Å²) >= 11 is 17.7. The van der Waals surface area contributed by atoms with Gasteiger partial charge in [0.05, 0.1) is 32.1 Å². The van der Waals surface area contributed by atoms with Crippen molar-refractivity contribution >= 4 is 61.3 Å². The predicted octanol–water partition coefficient (Wildman–Crippen LogP) is 7.94. The lowest BCUT2D eigenvalue weighted by Crippen LogP contribution is -2.07. The van der Waals surface area contributed by atoms with Crippen molar-refractivity contribution in [1.29, 1.82) is 0 Å². The van der Waals surface area contributed by atoms with Crippen LogP contribution >= 0.6 is 50.5 Å². The molecule has 3 aromatic carbocycles. The molecule has 1 aliphatic carbocycles. The average Bonchev–Trinajstić information content (AvgIpc) is 3.37. The number of halogens is 3. The third-order valence-corrected chi connectivity index (χ3v) is 9.71. The van der Waals surface area contributed by atoms with Crippen molar-refractivity contribution in [2.45, 2.75) is 23.2 Å². The molecule has 0 radical (unpaired) electrons. The summed E-state index contributed by atoms with van der Waals surface area (Å²) in [4.78, 5) is 0.598. The Kier molecular flexibility index (Phi) is 6.57. The molecule has 10 heteroatoms. The highest BCUT2D eigenvalue weighted by atomic mass is 79.9. The van der Waals surface area contributed by atoms with Crippen LogP contribution < -0.4 is 0 Å². The smallest absolute Gasteiger partial charge is 0.169 e. The Morgan fingerprint density at radius 3 is 2.32 bits per heavy atom. The maximum absolute atomic E-state index is 13.3. The normalized spacial score (nSPS) is 15.0. The lowest BCUT2D eigenvalue weighted by Gasteiger charge is -2.11. The van der Waals surface area contributed by atoms with Gasteiger partial charge < -0.3 is 0 Å². The first-order chi connectivity index (χ1) is 17.9. The van der Waals surface area contributed by atoms with E-state index in [2.05, 4.69) is 38.3 Å². The van der Waals surface area contributed by atoms with Crippen LogP contribution in [0.3, 0.4) is 0 Å². The van der Waals surface area contributed by atoms with Gasteiger partial charge in [-0.1, -0.05) is 86.9 Å². The Morgan fingerprint density at radius 1 is 0.973 bits per heavy atom. The Morgan fingerprint density at radius 2 is 1.68 bits per heavy atom. The lowest BCUT2D eigenvalue weighted by atomic mass is 9.97. The Hall–Kier alpha value is -2.36. The average molecular weight is 630 g/mol. The van der Waals surface area contributed by atoms with Crippen LogP contribution in [0.15, 0.2) is 82.2 Å². The molecule has 0 aliphatic heterocycles. The zero-order chi connectivity index (χ0) is 25.7. The van der Waals surface area contributed by atoms with Crippen molar-refractivity contribution in [3.8, 4) is 27.6 Å². The van der Waals surface area contributed by atoms with E-state index in [1.807, 2.05) is 60.7 Å². The molecule has 2 aromatic heterocycles. The van der Waals surface area contributed by atoms with Crippen LogP contribution in [0.2, 0.25) is 10.0 Å². The zero-order valence-corrected chi connectivity index (χ0v) is 24.2. The summed E-state index contributed by atoms with van der Waals surface area (Å²) in [5, 5.41) is 16.9. The van der Waals surface area contributed by atoms with Gasteiger partial charge in [0.2, 0.25) is 0 Å². The minimum Gasteiger partial charge on any atom is -0.254 e. The number of hydrogen-bond acceptors (Lipinski definition) is 5. The van der Waals surface area contributed by atoms with Gasteiger partial charge in [-0.15, -0.1) is 10.2 Å². The molecule has 5 aromatic rings. The van der Waals surface area contributed by atoms with E-state index in [-0.39, 0.29) is 5.41 Å². The number of nitrogens with zero attached hydrogens (tertiary/aromatic N) is 4. The molecule has 0 spiro atoms. The van der Waals surface area contributed by atoms with Crippen LogP contribution in [0.1, 0.15) is 23.4 Å². The largest absolute Gasteiger partial charge is 0.254 e. The molecule has 1 aliphatic rings. The first kappa shape index (κ1) is 24.9. The Balaban J connectivity index is 1.54. The molecular formula is C27H19BrCl2N4OS2. The van der Waals surface area contributed by atoms with E-state index in [4.69, 9.17) is 28.3 Å². The predicted molar refractivity (Wildman–Crippen MR) is 154 cm³/mol. The van der Waals surface area contributed by atoms with E-state index in [1.54, 1.807) is 10.9 Å². The van der Waals surface area contributed by atoms with Crippen LogP contribution in [-0.2, 0) is 16.2 Å². The molecule has 1 unspecified atom stereocenters. The Labute approximate surface area is 239 Å². The van der Waals surface area contributed by atoms with Crippen molar-refractivity contribution in [2.24, 2.45) is 0 Å². The molecule has 2 heterocycles. The van der Waals surface area contributed by atoms with Gasteiger partial charge in [0, 0.05) is 26.7 Å². The van der Waals surface area contributed by atoms with E-state index in [9.17, 15) is 4.21 Å². The van der Waals surface area contributed by atoms with Crippen molar-refractivity contribution in [2.75, 3.05) is 6.26 Å². The molecule has 6 rings (SSSR count). The molecule has 5 nitrogen and oxygen atoms in total. The second-order valence-electron chi connectivity index (χ2n) is 8.85. The SMILES string of the molecule is CS(=O)c1c(-c2nnc(C3(c4ccc(Cl)cc4)CC3)s2)nn(-c2ccccc2Cl)c1-c1ccc(Br)cc1. The highest BCUT2D eigenvalue weighted by molar-refractivity contribution is 9.10. The number of rotatable bonds is 6. The van der Waals surface area contributed by atoms with Gasteiger partial charge in [0.15, 0.2) is 5.01 Å². The number of aromatic nitrogens is 4. The Bertz CT molecular complexity index is 1640. The van der Waals surface area contributed by atoms with Crippen LogP contribution in [0.5, 0.6) is 0 Å². The summed E-state index contributed by atoms with van der Waals surface area (Å²) in [6, 6.07) is 23.3. The standard InChI is InChI=1S/C27H19BrCl2N4OS2/c1-37(35)24-22(25-31-32-26(36-25)27(14-15-27)17-8-12-19(29)13-9-17)33-34(21-5-3-2-4-20(21)30)23(24)16-6-10-18(28)11-7-16/h2-13H,14-15H2,1H3. The third kappa shape index (κ3) is 4.49. The topological polar surface area (TPSA) is 60.7 Å². The van der Waals surface area contributed by atoms with Gasteiger partial charge in [0.25, 0.3) is 0 Å². The summed E-state index contributed by atoms with van der Waals surface area (Å²) in [5.41, 5.74) is 3.85. The molecule has 0 N–H and O–H groups in total. The molecule has 186 valence electrons. The van der Waals surface area contributed by atoms with Crippen molar-refractivity contribution in [3.63, 3.8) is 0 Å². The van der Waals surface area contributed by atoms with Crippen molar-refractivity contribution < 1.29 is 4.21 Å². The fourth-order valence-electron chi connectivity index (χ4n) is 4.51. The lowest BCUT2D eigenvalue weighted by molar-refractivity contribution is 0.687. The van der Waals surface area contributed by atoms with Gasteiger partial charge in [-0.2, -0.15) is 5.10 Å². The van der Waals surface area contributed by atoms with E-state index >= 15 is 0 Å². The fraction of sp³-hybridized carbons (Fsp3) is 0.148. The summed E-state index contributed by atoms with van der Waals surface area (Å²) in [6.07, 6.45) is 3.65. The second-order valence-corrected chi connectivity index (χ2v) is 12.9. The van der Waals surface area contributed by atoms with E-state index < -0.39 is 10.8 Å². The van der Waals surface area contributed by atoms with Gasteiger partial charge in [-0.05, 0) is 54.8 Å². The molecule has 1 atom stereocenters. The molecule has 1 saturated carbocycles. The fourth-order valence-corrected chi connectivity index (χ4v) is 7.17. The molecule has 1 fully saturated rings. The van der Waals surface area contributed by atoms with Gasteiger partial charge >= 0.3 is 0 Å². The third-order valence-electron chi connectivity index (χ3n) is 6.51. The first-order valence-corrected chi connectivity index (χ1v) is 15.4. The maximum Gasteiger partial charge on any atom is 0.169 e. The molecular weight excluding hydrogens is 611 g/mol. The van der Waals surface area contributed by atoms with E-state index in [0.717, 1.165) is 27.9 Å². The highest BCUT2D eigenvalue weighted by Gasteiger charge is 2.49. The second kappa shape index (κ2) is 9.75. The zero-order valence-electron chi connectivity index (χ0n) is 19.5. The molecule has 0 amide bonds. The van der Waals surface area contributed by atoms with Crippen LogP contribution in [0, 0.1) is 0 Å².